The minimum Gasteiger partial charge on any atom is -0.348 e. The van der Waals surface area contributed by atoms with Gasteiger partial charge in [0.15, 0.2) is 9.84 Å². The van der Waals surface area contributed by atoms with E-state index in [1.165, 1.54) is 0 Å². The summed E-state index contributed by atoms with van der Waals surface area (Å²) in [5.41, 5.74) is 1.09. The van der Waals surface area contributed by atoms with Crippen molar-refractivity contribution in [1.29, 1.82) is 0 Å². The van der Waals surface area contributed by atoms with Gasteiger partial charge in [-0.1, -0.05) is 18.2 Å². The SMILES string of the molecule is O=C1NCc2ccccc21.O=S1(=O)CCN(Cc2cc(F)cc(C(F)(F)F)c2)CC1. The maximum atomic E-state index is 13.2. The molecule has 1 N–H and O–H groups in total. The quantitative estimate of drug-likeness (QED) is 0.724. The molecule has 30 heavy (non-hydrogen) atoms. The fourth-order valence-corrected chi connectivity index (χ4v) is 4.52. The lowest BCUT2D eigenvalue weighted by Crippen LogP contribution is -2.39. The number of carbonyl (C=O) groups is 1. The number of halogens is 4. The summed E-state index contributed by atoms with van der Waals surface area (Å²) in [6, 6.07) is 10.0. The Bertz CT molecular complexity index is 1020. The zero-order valence-electron chi connectivity index (χ0n) is 15.9. The van der Waals surface area contributed by atoms with Crippen molar-refractivity contribution in [1.82, 2.24) is 10.2 Å². The zero-order valence-corrected chi connectivity index (χ0v) is 16.7. The Kier molecular flexibility index (Phi) is 6.47. The van der Waals surface area contributed by atoms with Crippen LogP contribution in [0.4, 0.5) is 17.6 Å². The second-order valence-corrected chi connectivity index (χ2v) is 9.42. The van der Waals surface area contributed by atoms with E-state index in [0.717, 1.165) is 23.3 Å². The van der Waals surface area contributed by atoms with Gasteiger partial charge in [0.25, 0.3) is 5.91 Å². The lowest BCUT2D eigenvalue weighted by atomic mass is 10.1. The average Bonchev–Trinajstić information content (AvgIpc) is 3.04. The second kappa shape index (κ2) is 8.73. The first-order valence-electron chi connectivity index (χ1n) is 9.19. The number of hydrogen-bond acceptors (Lipinski definition) is 4. The molecule has 0 bridgehead atoms. The van der Waals surface area contributed by atoms with Crippen LogP contribution in [0.1, 0.15) is 27.0 Å². The first-order chi connectivity index (χ1) is 14.0. The van der Waals surface area contributed by atoms with Crippen molar-refractivity contribution < 1.29 is 30.8 Å². The number of hydrogen-bond donors (Lipinski definition) is 1. The first-order valence-corrected chi connectivity index (χ1v) is 11.0. The average molecular weight is 444 g/mol. The first kappa shape index (κ1) is 22.2. The molecule has 2 aromatic rings. The molecule has 10 heteroatoms. The Labute approximate surface area is 171 Å². The number of alkyl halides is 3. The number of amides is 1. The normalized spacial score (nSPS) is 18.2. The third-order valence-corrected chi connectivity index (χ3v) is 6.44. The Morgan fingerprint density at radius 2 is 1.70 bits per heavy atom. The van der Waals surface area contributed by atoms with E-state index in [1.54, 1.807) is 4.90 Å². The van der Waals surface area contributed by atoms with Crippen LogP contribution in [0.15, 0.2) is 42.5 Å². The van der Waals surface area contributed by atoms with Crippen LogP contribution in [0.2, 0.25) is 0 Å². The van der Waals surface area contributed by atoms with E-state index < -0.39 is 27.4 Å². The summed E-state index contributed by atoms with van der Waals surface area (Å²) >= 11 is 0. The maximum Gasteiger partial charge on any atom is 0.416 e. The second-order valence-electron chi connectivity index (χ2n) is 7.11. The molecule has 0 saturated carbocycles. The lowest BCUT2D eigenvalue weighted by molar-refractivity contribution is -0.137. The molecule has 162 valence electrons. The van der Waals surface area contributed by atoms with Crippen LogP contribution < -0.4 is 5.32 Å². The van der Waals surface area contributed by atoms with Gasteiger partial charge in [0.2, 0.25) is 0 Å². The molecule has 2 aliphatic rings. The Balaban J connectivity index is 0.000000212. The Morgan fingerprint density at radius 1 is 1.03 bits per heavy atom. The van der Waals surface area contributed by atoms with Crippen molar-refractivity contribution in [3.05, 3.63) is 70.5 Å². The van der Waals surface area contributed by atoms with Gasteiger partial charge >= 0.3 is 6.18 Å². The van der Waals surface area contributed by atoms with E-state index >= 15 is 0 Å². The Hall–Kier alpha value is -2.46. The lowest BCUT2D eigenvalue weighted by Gasteiger charge is -2.26. The van der Waals surface area contributed by atoms with E-state index in [1.807, 2.05) is 24.3 Å². The van der Waals surface area contributed by atoms with Gasteiger partial charge in [0.05, 0.1) is 17.1 Å². The van der Waals surface area contributed by atoms with E-state index in [0.29, 0.717) is 12.6 Å². The number of nitrogens with one attached hydrogen (secondary N) is 1. The summed E-state index contributed by atoms with van der Waals surface area (Å²) < 4.78 is 73.4. The highest BCUT2D eigenvalue weighted by Gasteiger charge is 2.31. The number of nitrogens with zero attached hydrogens (tertiary/aromatic N) is 1. The van der Waals surface area contributed by atoms with Crippen molar-refractivity contribution in [2.45, 2.75) is 19.3 Å². The van der Waals surface area contributed by atoms with Crippen molar-refractivity contribution in [2.75, 3.05) is 24.6 Å². The van der Waals surface area contributed by atoms with E-state index in [9.17, 15) is 30.8 Å². The van der Waals surface area contributed by atoms with Gasteiger partial charge in [-0.15, -0.1) is 0 Å². The summed E-state index contributed by atoms with van der Waals surface area (Å²) in [7, 11) is -3.04. The molecule has 4 rings (SSSR count). The van der Waals surface area contributed by atoms with Crippen molar-refractivity contribution in [3.8, 4) is 0 Å². The standard InChI is InChI=1S/C12H13F4NO2S.C8H7NO/c13-11-6-9(5-10(7-11)12(14,15)16)8-17-1-3-20(18,19)4-2-17;10-8-7-4-2-1-3-6(7)5-9-8/h5-7H,1-4,8H2;1-4H,5H2,(H,9,10). The molecule has 2 heterocycles. The molecule has 0 aromatic heterocycles. The molecule has 0 unspecified atom stereocenters. The number of benzene rings is 2. The van der Waals surface area contributed by atoms with Crippen LogP contribution >= 0.6 is 0 Å². The van der Waals surface area contributed by atoms with Crippen LogP contribution in [0.5, 0.6) is 0 Å². The molecular weight excluding hydrogens is 424 g/mol. The molecule has 1 fully saturated rings. The van der Waals surface area contributed by atoms with Gasteiger partial charge in [-0.2, -0.15) is 13.2 Å². The number of rotatable bonds is 2. The number of sulfone groups is 1. The van der Waals surface area contributed by atoms with E-state index in [-0.39, 0.29) is 42.6 Å². The molecule has 1 amide bonds. The van der Waals surface area contributed by atoms with Crippen molar-refractivity contribution >= 4 is 15.7 Å². The smallest absolute Gasteiger partial charge is 0.348 e. The molecule has 5 nitrogen and oxygen atoms in total. The van der Waals surface area contributed by atoms with Gasteiger partial charge in [-0.3, -0.25) is 9.69 Å². The van der Waals surface area contributed by atoms with Gasteiger partial charge in [-0.25, -0.2) is 12.8 Å². The van der Waals surface area contributed by atoms with E-state index in [2.05, 4.69) is 5.32 Å². The molecule has 2 aromatic carbocycles. The van der Waals surface area contributed by atoms with Gasteiger partial charge in [0, 0.05) is 31.7 Å². The summed E-state index contributed by atoms with van der Waals surface area (Å²) in [5, 5.41) is 2.75. The monoisotopic (exact) mass is 444 g/mol. The molecule has 0 spiro atoms. The van der Waals surface area contributed by atoms with Crippen molar-refractivity contribution in [3.63, 3.8) is 0 Å². The van der Waals surface area contributed by atoms with Crippen LogP contribution in [0, 0.1) is 5.82 Å². The highest BCUT2D eigenvalue weighted by molar-refractivity contribution is 7.91. The predicted octanol–water partition coefficient (Wildman–Crippen LogP) is 3.00. The number of fused-ring (bicyclic) bond motifs is 1. The Morgan fingerprint density at radius 3 is 2.33 bits per heavy atom. The molecule has 0 atom stereocenters. The summed E-state index contributed by atoms with van der Waals surface area (Å²) in [4.78, 5) is 12.7. The summed E-state index contributed by atoms with van der Waals surface area (Å²) in [5.74, 6) is -0.932. The fraction of sp³-hybridized carbons (Fsp3) is 0.350. The highest BCUT2D eigenvalue weighted by Crippen LogP contribution is 2.30. The predicted molar refractivity (Wildman–Crippen MR) is 103 cm³/mol. The minimum atomic E-state index is -4.60. The van der Waals surface area contributed by atoms with Crippen LogP contribution in [0.3, 0.4) is 0 Å². The number of carbonyl (C=O) groups excluding carboxylic acids is 1. The van der Waals surface area contributed by atoms with Crippen LogP contribution in [-0.4, -0.2) is 43.8 Å². The fourth-order valence-electron chi connectivity index (χ4n) is 3.24. The largest absolute Gasteiger partial charge is 0.416 e. The zero-order chi connectivity index (χ0) is 21.9. The highest BCUT2D eigenvalue weighted by atomic mass is 32.2. The minimum absolute atomic E-state index is 0.0194. The van der Waals surface area contributed by atoms with Gasteiger partial charge in [-0.05, 0) is 35.4 Å². The molecular formula is C20H20F4N2O3S. The third kappa shape index (κ3) is 5.79. The molecule has 0 radical (unpaired) electrons. The molecule has 1 saturated heterocycles. The third-order valence-electron chi connectivity index (χ3n) is 4.83. The van der Waals surface area contributed by atoms with Gasteiger partial charge in [0.1, 0.15) is 5.82 Å². The summed E-state index contributed by atoms with van der Waals surface area (Å²) in [6.07, 6.45) is -4.60. The molecule has 2 aliphatic heterocycles. The topological polar surface area (TPSA) is 66.5 Å². The summed E-state index contributed by atoms with van der Waals surface area (Å²) in [6.45, 7) is 1.30. The van der Waals surface area contributed by atoms with Crippen LogP contribution in [-0.2, 0) is 29.1 Å². The van der Waals surface area contributed by atoms with Crippen LogP contribution in [0.25, 0.3) is 0 Å². The van der Waals surface area contributed by atoms with Crippen molar-refractivity contribution in [2.24, 2.45) is 0 Å². The van der Waals surface area contributed by atoms with E-state index in [4.69, 9.17) is 0 Å². The molecule has 0 aliphatic carbocycles. The van der Waals surface area contributed by atoms with Gasteiger partial charge < -0.3 is 5.32 Å². The maximum absolute atomic E-state index is 13.2.